The maximum absolute atomic E-state index is 6.30. The molecule has 2 heterocycles. The molecule has 0 saturated carbocycles. The lowest BCUT2D eigenvalue weighted by atomic mass is 9.93. The van der Waals surface area contributed by atoms with Crippen LogP contribution >= 0.6 is 0 Å². The van der Waals surface area contributed by atoms with Crippen LogP contribution in [0, 0.1) is 0 Å². The van der Waals surface area contributed by atoms with Crippen LogP contribution in [-0.2, 0) is 6.42 Å². The highest BCUT2D eigenvalue weighted by Crippen LogP contribution is 2.44. The fourth-order valence-corrected chi connectivity index (χ4v) is 5.08. The summed E-state index contributed by atoms with van der Waals surface area (Å²) >= 11 is 0. The summed E-state index contributed by atoms with van der Waals surface area (Å²) in [6.45, 7) is 2.15. The first-order chi connectivity index (χ1) is 15.8. The fraction of sp³-hybridized carbons (Fsp3) is 0.0690. The molecule has 5 aromatic carbocycles. The highest BCUT2D eigenvalue weighted by molar-refractivity contribution is 6.13. The summed E-state index contributed by atoms with van der Waals surface area (Å²) in [6.07, 6.45) is 0.858. The van der Waals surface area contributed by atoms with Crippen molar-refractivity contribution in [1.29, 1.82) is 0 Å². The molecule has 6 aromatic rings. The van der Waals surface area contributed by atoms with E-state index in [2.05, 4.69) is 90.4 Å². The Morgan fingerprint density at radius 1 is 0.750 bits per heavy atom. The van der Waals surface area contributed by atoms with Gasteiger partial charge in [-0.1, -0.05) is 67.6 Å². The van der Waals surface area contributed by atoms with Crippen molar-refractivity contribution < 1.29 is 4.74 Å². The van der Waals surface area contributed by atoms with E-state index in [1.165, 1.54) is 32.7 Å². The highest BCUT2D eigenvalue weighted by Gasteiger charge is 2.24. The molecule has 0 spiro atoms. The number of hydrogen-bond acceptors (Lipinski definition) is 2. The summed E-state index contributed by atoms with van der Waals surface area (Å²) in [5.74, 6) is 2.79. The number of hydrogen-bond donors (Lipinski definition) is 0. The maximum Gasteiger partial charge on any atom is 0.153 e. The Bertz CT molecular complexity index is 1690. The molecule has 0 aliphatic carbocycles. The summed E-state index contributed by atoms with van der Waals surface area (Å²) in [6, 6.07) is 32.2. The first-order valence-corrected chi connectivity index (χ1v) is 11.1. The van der Waals surface area contributed by atoms with Gasteiger partial charge in [-0.05, 0) is 63.0 Å². The zero-order chi connectivity index (χ0) is 21.2. The third kappa shape index (κ3) is 2.33. The fourth-order valence-electron chi connectivity index (χ4n) is 5.08. The summed E-state index contributed by atoms with van der Waals surface area (Å²) in [4.78, 5) is 4.88. The monoisotopic (exact) mass is 412 g/mol. The third-order valence-corrected chi connectivity index (χ3v) is 6.52. The first-order valence-electron chi connectivity index (χ1n) is 11.1. The molecule has 0 fully saturated rings. The number of rotatable bonds is 2. The maximum atomic E-state index is 6.30. The van der Waals surface area contributed by atoms with Gasteiger partial charge in [-0.25, -0.2) is 4.98 Å². The normalized spacial score (nSPS) is 12.3. The Kier molecular flexibility index (Phi) is 3.54. The Labute approximate surface area is 185 Å². The van der Waals surface area contributed by atoms with Crippen molar-refractivity contribution in [2.24, 2.45) is 0 Å². The Balaban J connectivity index is 1.54. The average molecular weight is 412 g/mol. The largest absolute Gasteiger partial charge is 0.453 e. The standard InChI is InChI=1S/C29H20N2O/c1-2-28-30-24-12-7-13-27-29(24)31(28)25-17-19(14-15-26(25)32-27)23-16-18-8-3-4-9-20(18)21-10-5-6-11-22(21)23/h3-17H,2H2,1H3. The van der Waals surface area contributed by atoms with Crippen LogP contribution in [0.25, 0.3) is 49.4 Å². The third-order valence-electron chi connectivity index (χ3n) is 6.52. The van der Waals surface area contributed by atoms with Crippen LogP contribution in [0.3, 0.4) is 0 Å². The van der Waals surface area contributed by atoms with E-state index < -0.39 is 0 Å². The van der Waals surface area contributed by atoms with Gasteiger partial charge >= 0.3 is 0 Å². The van der Waals surface area contributed by atoms with Crippen LogP contribution in [0.2, 0.25) is 0 Å². The summed E-state index contributed by atoms with van der Waals surface area (Å²) in [7, 11) is 0. The van der Waals surface area contributed by atoms with Crippen molar-refractivity contribution in [2.45, 2.75) is 13.3 Å². The Hall–Kier alpha value is -4.11. The molecule has 32 heavy (non-hydrogen) atoms. The van der Waals surface area contributed by atoms with E-state index in [0.29, 0.717) is 0 Å². The molecule has 3 heteroatoms. The number of para-hydroxylation sites is 1. The predicted molar refractivity (Wildman–Crippen MR) is 131 cm³/mol. The van der Waals surface area contributed by atoms with E-state index in [9.17, 15) is 0 Å². The molecule has 0 amide bonds. The van der Waals surface area contributed by atoms with Gasteiger partial charge in [-0.15, -0.1) is 0 Å². The number of imidazole rings is 1. The summed E-state index contributed by atoms with van der Waals surface area (Å²) in [5, 5.41) is 5.07. The van der Waals surface area contributed by atoms with Gasteiger partial charge in [-0.3, -0.25) is 4.57 Å². The van der Waals surface area contributed by atoms with Gasteiger partial charge in [-0.2, -0.15) is 0 Å². The van der Waals surface area contributed by atoms with Crippen molar-refractivity contribution in [3.05, 3.63) is 96.8 Å². The zero-order valence-corrected chi connectivity index (χ0v) is 17.7. The topological polar surface area (TPSA) is 27.1 Å². The van der Waals surface area contributed by atoms with Crippen LogP contribution in [0.5, 0.6) is 11.5 Å². The van der Waals surface area contributed by atoms with Gasteiger partial charge in [0.15, 0.2) is 11.5 Å². The van der Waals surface area contributed by atoms with Crippen molar-refractivity contribution in [2.75, 3.05) is 0 Å². The van der Waals surface area contributed by atoms with E-state index in [4.69, 9.17) is 9.72 Å². The highest BCUT2D eigenvalue weighted by atomic mass is 16.5. The molecule has 0 saturated heterocycles. The SMILES string of the molecule is CCc1nc2cccc3c2n1-c1cc(-c2cc4ccccc4c4ccccc24)ccc1O3. The number of ether oxygens (including phenoxy) is 1. The molecule has 0 radical (unpaired) electrons. The molecule has 0 N–H and O–H groups in total. The Morgan fingerprint density at radius 3 is 2.44 bits per heavy atom. The molecule has 1 aliphatic rings. The van der Waals surface area contributed by atoms with Crippen molar-refractivity contribution in [3.8, 4) is 28.3 Å². The van der Waals surface area contributed by atoms with Gasteiger partial charge in [0.2, 0.25) is 0 Å². The molecule has 152 valence electrons. The second-order valence-electron chi connectivity index (χ2n) is 8.32. The van der Waals surface area contributed by atoms with E-state index in [-0.39, 0.29) is 0 Å². The smallest absolute Gasteiger partial charge is 0.153 e. The van der Waals surface area contributed by atoms with Gasteiger partial charge in [0.1, 0.15) is 11.3 Å². The van der Waals surface area contributed by atoms with Crippen LogP contribution in [0.15, 0.2) is 91.0 Å². The van der Waals surface area contributed by atoms with Gasteiger partial charge in [0, 0.05) is 6.42 Å². The van der Waals surface area contributed by atoms with Crippen LogP contribution < -0.4 is 4.74 Å². The lowest BCUT2D eigenvalue weighted by Crippen LogP contribution is -2.07. The number of benzene rings is 5. The zero-order valence-electron chi connectivity index (χ0n) is 17.7. The quantitative estimate of drug-likeness (QED) is 0.272. The molecule has 0 bridgehead atoms. The van der Waals surface area contributed by atoms with Gasteiger partial charge in [0.05, 0.1) is 11.2 Å². The van der Waals surface area contributed by atoms with Crippen LogP contribution in [0.4, 0.5) is 0 Å². The van der Waals surface area contributed by atoms with Crippen LogP contribution in [0.1, 0.15) is 12.7 Å². The van der Waals surface area contributed by atoms with Crippen molar-refractivity contribution in [1.82, 2.24) is 9.55 Å². The molecule has 0 unspecified atom stereocenters. The number of aromatic nitrogens is 2. The van der Waals surface area contributed by atoms with Crippen molar-refractivity contribution in [3.63, 3.8) is 0 Å². The molecule has 1 aromatic heterocycles. The number of aryl methyl sites for hydroxylation is 1. The molecule has 0 atom stereocenters. The minimum atomic E-state index is 0.858. The van der Waals surface area contributed by atoms with Crippen molar-refractivity contribution >= 4 is 32.6 Å². The van der Waals surface area contributed by atoms with E-state index in [1.807, 2.05) is 12.1 Å². The van der Waals surface area contributed by atoms with E-state index >= 15 is 0 Å². The first kappa shape index (κ1) is 17.6. The summed E-state index contributed by atoms with van der Waals surface area (Å²) in [5.41, 5.74) is 5.50. The Morgan fingerprint density at radius 2 is 1.56 bits per heavy atom. The van der Waals surface area contributed by atoms with Gasteiger partial charge in [0.25, 0.3) is 0 Å². The second kappa shape index (κ2) is 6.44. The average Bonchev–Trinajstić information content (AvgIpc) is 3.24. The van der Waals surface area contributed by atoms with E-state index in [0.717, 1.165) is 40.5 Å². The van der Waals surface area contributed by atoms with Crippen LogP contribution in [-0.4, -0.2) is 9.55 Å². The molecular formula is C29H20N2O. The molecule has 3 nitrogen and oxygen atoms in total. The second-order valence-corrected chi connectivity index (χ2v) is 8.32. The lowest BCUT2D eigenvalue weighted by Gasteiger charge is -2.22. The van der Waals surface area contributed by atoms with E-state index in [1.54, 1.807) is 0 Å². The summed E-state index contributed by atoms with van der Waals surface area (Å²) < 4.78 is 8.57. The molecule has 7 rings (SSSR count). The molecule has 1 aliphatic heterocycles. The lowest BCUT2D eigenvalue weighted by molar-refractivity contribution is 0.474. The minimum Gasteiger partial charge on any atom is -0.453 e. The number of nitrogens with zero attached hydrogens (tertiary/aromatic N) is 2. The predicted octanol–water partition coefficient (Wildman–Crippen LogP) is 7.67. The number of fused-ring (bicyclic) bond motifs is 5. The minimum absolute atomic E-state index is 0.858. The van der Waals surface area contributed by atoms with Gasteiger partial charge < -0.3 is 4.74 Å². The molecular weight excluding hydrogens is 392 g/mol.